The van der Waals surface area contributed by atoms with Crippen LogP contribution in [0.15, 0.2) is 52.2 Å². The van der Waals surface area contributed by atoms with Crippen molar-refractivity contribution < 1.29 is 13.2 Å². The van der Waals surface area contributed by atoms with Crippen molar-refractivity contribution in [3.63, 3.8) is 0 Å². The van der Waals surface area contributed by atoms with Gasteiger partial charge in [-0.15, -0.1) is 0 Å². The lowest BCUT2D eigenvalue weighted by molar-refractivity contribution is 0.403. The van der Waals surface area contributed by atoms with Crippen LogP contribution in [0.5, 0.6) is 5.75 Å². The van der Waals surface area contributed by atoms with Gasteiger partial charge in [-0.2, -0.15) is 5.26 Å². The lowest BCUT2D eigenvalue weighted by atomic mass is 10.1. The zero-order chi connectivity index (χ0) is 20.5. The van der Waals surface area contributed by atoms with Gasteiger partial charge < -0.3 is 9.30 Å². The topological polar surface area (TPSA) is 101 Å². The maximum atomic E-state index is 12.8. The van der Waals surface area contributed by atoms with E-state index in [-0.39, 0.29) is 16.2 Å². The molecule has 0 fully saturated rings. The Labute approximate surface area is 162 Å². The Morgan fingerprint density at radius 1 is 1.18 bits per heavy atom. The summed E-state index contributed by atoms with van der Waals surface area (Å²) in [6, 6.07) is 12.8. The largest absolute Gasteiger partial charge is 0.495 e. The number of methoxy groups -OCH3 is 1. The Balaban J connectivity index is 2.06. The fourth-order valence-electron chi connectivity index (χ4n) is 3.04. The maximum absolute atomic E-state index is 12.8. The van der Waals surface area contributed by atoms with Gasteiger partial charge in [0.1, 0.15) is 10.6 Å². The molecule has 28 heavy (non-hydrogen) atoms. The van der Waals surface area contributed by atoms with Crippen molar-refractivity contribution in [3.8, 4) is 11.8 Å². The molecule has 8 heteroatoms. The molecule has 1 aromatic heterocycles. The number of aryl methyl sites for hydroxylation is 2. The van der Waals surface area contributed by atoms with E-state index in [9.17, 15) is 13.2 Å². The number of nitriles is 1. The molecule has 0 unspecified atom stereocenters. The fourth-order valence-corrected chi connectivity index (χ4v) is 4.24. The van der Waals surface area contributed by atoms with Crippen molar-refractivity contribution in [1.82, 2.24) is 4.57 Å². The highest BCUT2D eigenvalue weighted by atomic mass is 32.2. The van der Waals surface area contributed by atoms with Crippen LogP contribution in [0.4, 0.5) is 5.69 Å². The number of nitrogens with one attached hydrogen (secondary N) is 1. The lowest BCUT2D eigenvalue weighted by Gasteiger charge is -2.13. The first-order valence-electron chi connectivity index (χ1n) is 8.54. The van der Waals surface area contributed by atoms with Crippen LogP contribution >= 0.6 is 0 Å². The Kier molecular flexibility index (Phi) is 5.12. The predicted octanol–water partition coefficient (Wildman–Crippen LogP) is 2.78. The number of hydrogen-bond acceptors (Lipinski definition) is 5. The third-order valence-electron chi connectivity index (χ3n) is 4.51. The van der Waals surface area contributed by atoms with E-state index >= 15 is 0 Å². The van der Waals surface area contributed by atoms with Gasteiger partial charge in [-0.25, -0.2) is 8.42 Å². The summed E-state index contributed by atoms with van der Waals surface area (Å²) in [7, 11) is -0.901. The SMILES string of the molecule is CCc1cc2cc(NS(=O)(=O)c3ccc(C#N)cc3OC)ccc2n(C)c1=O. The van der Waals surface area contributed by atoms with Crippen LogP contribution in [0.2, 0.25) is 0 Å². The molecular weight excluding hydrogens is 378 g/mol. The number of fused-ring (bicyclic) bond motifs is 1. The van der Waals surface area contributed by atoms with Gasteiger partial charge in [0.15, 0.2) is 0 Å². The van der Waals surface area contributed by atoms with Crippen molar-refractivity contribution >= 4 is 26.6 Å². The molecular formula is C20H19N3O4S. The van der Waals surface area contributed by atoms with Crippen molar-refractivity contribution in [2.24, 2.45) is 7.05 Å². The van der Waals surface area contributed by atoms with Gasteiger partial charge in [0.05, 0.1) is 24.3 Å². The number of sulfonamides is 1. The molecule has 1 N–H and O–H groups in total. The molecule has 0 radical (unpaired) electrons. The molecule has 0 bridgehead atoms. The highest BCUT2D eigenvalue weighted by molar-refractivity contribution is 7.92. The van der Waals surface area contributed by atoms with E-state index in [0.717, 1.165) is 5.39 Å². The molecule has 7 nitrogen and oxygen atoms in total. The van der Waals surface area contributed by atoms with Crippen LogP contribution in [0.25, 0.3) is 10.9 Å². The van der Waals surface area contributed by atoms with Crippen LogP contribution in [0, 0.1) is 11.3 Å². The predicted molar refractivity (Wildman–Crippen MR) is 107 cm³/mol. The zero-order valence-corrected chi connectivity index (χ0v) is 16.5. The Bertz CT molecular complexity index is 1270. The molecule has 0 aliphatic carbocycles. The molecule has 0 saturated carbocycles. The second-order valence-corrected chi connectivity index (χ2v) is 7.89. The molecule has 0 saturated heterocycles. The average molecular weight is 397 g/mol. The number of hydrogen-bond donors (Lipinski definition) is 1. The van der Waals surface area contributed by atoms with Gasteiger partial charge in [0, 0.05) is 23.7 Å². The summed E-state index contributed by atoms with van der Waals surface area (Å²) < 4.78 is 34.9. The number of aromatic nitrogens is 1. The third kappa shape index (κ3) is 3.44. The minimum atomic E-state index is -3.94. The van der Waals surface area contributed by atoms with Crippen molar-refractivity contribution in [1.29, 1.82) is 5.26 Å². The first-order chi connectivity index (χ1) is 13.3. The van der Waals surface area contributed by atoms with Crippen LogP contribution < -0.4 is 15.0 Å². The minimum Gasteiger partial charge on any atom is -0.495 e. The third-order valence-corrected chi connectivity index (χ3v) is 5.93. The zero-order valence-electron chi connectivity index (χ0n) is 15.7. The summed E-state index contributed by atoms with van der Waals surface area (Å²) in [6.45, 7) is 1.90. The first-order valence-corrected chi connectivity index (χ1v) is 10.0. The van der Waals surface area contributed by atoms with E-state index in [4.69, 9.17) is 10.00 Å². The molecule has 3 rings (SSSR count). The number of nitrogens with zero attached hydrogens (tertiary/aromatic N) is 2. The standard InChI is InChI=1S/C20H19N3O4S/c1-4-14-10-15-11-16(6-7-17(15)23(2)20(14)24)22-28(25,26)19-8-5-13(12-21)9-18(19)27-3/h5-11,22H,4H2,1-3H3. The Morgan fingerprint density at radius 3 is 2.57 bits per heavy atom. The summed E-state index contributed by atoms with van der Waals surface area (Å²) in [5.41, 5.74) is 1.96. The van der Waals surface area contributed by atoms with Crippen LogP contribution in [-0.4, -0.2) is 20.1 Å². The second kappa shape index (κ2) is 7.37. The Hall–Kier alpha value is -3.31. The van der Waals surface area contributed by atoms with Gasteiger partial charge in [-0.3, -0.25) is 9.52 Å². The lowest BCUT2D eigenvalue weighted by Crippen LogP contribution is -2.21. The van der Waals surface area contributed by atoms with Crippen molar-refractivity contribution in [2.45, 2.75) is 18.2 Å². The van der Waals surface area contributed by atoms with Crippen molar-refractivity contribution in [3.05, 3.63) is 63.9 Å². The second-order valence-electron chi connectivity index (χ2n) is 6.24. The van der Waals surface area contributed by atoms with E-state index in [1.807, 2.05) is 13.0 Å². The molecule has 0 aliphatic heterocycles. The van der Waals surface area contributed by atoms with Gasteiger partial charge in [0.25, 0.3) is 15.6 Å². The number of benzene rings is 2. The number of ether oxygens (including phenoxy) is 1. The molecule has 1 heterocycles. The van der Waals surface area contributed by atoms with Crippen LogP contribution in [-0.2, 0) is 23.5 Å². The van der Waals surface area contributed by atoms with E-state index < -0.39 is 10.0 Å². The monoisotopic (exact) mass is 397 g/mol. The number of anilines is 1. The summed E-state index contributed by atoms with van der Waals surface area (Å²) in [5.74, 6) is 0.0861. The minimum absolute atomic E-state index is 0.0642. The number of pyridine rings is 1. The molecule has 0 aliphatic rings. The highest BCUT2D eigenvalue weighted by Gasteiger charge is 2.20. The molecule has 0 spiro atoms. The normalized spacial score (nSPS) is 11.2. The summed E-state index contributed by atoms with van der Waals surface area (Å²) in [6.07, 6.45) is 0.584. The highest BCUT2D eigenvalue weighted by Crippen LogP contribution is 2.28. The molecule has 0 atom stereocenters. The summed E-state index contributed by atoms with van der Waals surface area (Å²) in [4.78, 5) is 12.2. The van der Waals surface area contributed by atoms with Gasteiger partial charge in [0.2, 0.25) is 0 Å². The van der Waals surface area contributed by atoms with Crippen molar-refractivity contribution in [2.75, 3.05) is 11.8 Å². The number of rotatable bonds is 5. The van der Waals surface area contributed by atoms with E-state index in [1.54, 1.807) is 35.9 Å². The molecule has 3 aromatic rings. The average Bonchev–Trinajstić information content (AvgIpc) is 2.69. The summed E-state index contributed by atoms with van der Waals surface area (Å²) >= 11 is 0. The van der Waals surface area contributed by atoms with Crippen LogP contribution in [0.1, 0.15) is 18.1 Å². The fraction of sp³-hybridized carbons (Fsp3) is 0.200. The Morgan fingerprint density at radius 2 is 1.93 bits per heavy atom. The van der Waals surface area contributed by atoms with E-state index in [1.165, 1.54) is 25.3 Å². The molecule has 144 valence electrons. The maximum Gasteiger partial charge on any atom is 0.265 e. The van der Waals surface area contributed by atoms with Gasteiger partial charge >= 0.3 is 0 Å². The summed E-state index contributed by atoms with van der Waals surface area (Å²) in [5, 5.41) is 9.73. The van der Waals surface area contributed by atoms with Gasteiger partial charge in [-0.1, -0.05) is 6.92 Å². The van der Waals surface area contributed by atoms with E-state index in [0.29, 0.717) is 28.8 Å². The smallest absolute Gasteiger partial charge is 0.265 e. The molecule has 2 aromatic carbocycles. The first kappa shape index (κ1) is 19.5. The molecule has 0 amide bonds. The van der Waals surface area contributed by atoms with E-state index in [2.05, 4.69) is 4.72 Å². The quantitative estimate of drug-likeness (QED) is 0.713. The van der Waals surface area contributed by atoms with Gasteiger partial charge in [-0.05, 0) is 48.9 Å². The van der Waals surface area contributed by atoms with Crippen LogP contribution in [0.3, 0.4) is 0 Å².